The van der Waals surface area contributed by atoms with Crippen LogP contribution in [0.15, 0.2) is 29.2 Å². The maximum atomic E-state index is 12.9. The van der Waals surface area contributed by atoms with Crippen LogP contribution in [0, 0.1) is 5.82 Å². The second-order valence-electron chi connectivity index (χ2n) is 5.33. The maximum Gasteiger partial charge on any atom is 0.243 e. The molecule has 0 radical (unpaired) electrons. The highest BCUT2D eigenvalue weighted by molar-refractivity contribution is 7.89. The molecule has 122 valence electrons. The highest BCUT2D eigenvalue weighted by atomic mass is 32.2. The van der Waals surface area contributed by atoms with Gasteiger partial charge in [0.2, 0.25) is 15.9 Å². The molecule has 1 heterocycles. The number of halogens is 1. The fourth-order valence-corrected chi connectivity index (χ4v) is 3.95. The van der Waals surface area contributed by atoms with Crippen LogP contribution in [-0.4, -0.2) is 55.8 Å². The van der Waals surface area contributed by atoms with E-state index in [1.54, 1.807) is 6.92 Å². The van der Waals surface area contributed by atoms with Gasteiger partial charge >= 0.3 is 0 Å². The molecule has 22 heavy (non-hydrogen) atoms. The van der Waals surface area contributed by atoms with Crippen LogP contribution in [-0.2, 0) is 14.8 Å². The van der Waals surface area contributed by atoms with Crippen molar-refractivity contribution >= 4 is 15.9 Å². The van der Waals surface area contributed by atoms with Crippen LogP contribution in [0.2, 0.25) is 0 Å². The summed E-state index contributed by atoms with van der Waals surface area (Å²) in [6, 6.07) is 4.37. The second kappa shape index (κ2) is 6.72. The molecule has 0 spiro atoms. The summed E-state index contributed by atoms with van der Waals surface area (Å²) >= 11 is 0. The molecule has 0 aliphatic carbocycles. The number of hydrogen-bond donors (Lipinski definition) is 1. The molecule has 0 bridgehead atoms. The predicted octanol–water partition coefficient (Wildman–Crippen LogP) is 0.396. The summed E-state index contributed by atoms with van der Waals surface area (Å²) < 4.78 is 39.4. The minimum absolute atomic E-state index is 0.0744. The van der Waals surface area contributed by atoms with Gasteiger partial charge in [0, 0.05) is 26.2 Å². The molecule has 0 unspecified atom stereocenters. The number of nitrogens with zero attached hydrogens (tertiary/aromatic N) is 2. The zero-order chi connectivity index (χ0) is 16.3. The van der Waals surface area contributed by atoms with Gasteiger partial charge in [0.25, 0.3) is 0 Å². The van der Waals surface area contributed by atoms with Crippen molar-refractivity contribution in [2.45, 2.75) is 24.3 Å². The number of carbonyl (C=O) groups is 1. The van der Waals surface area contributed by atoms with Gasteiger partial charge < -0.3 is 5.73 Å². The molecule has 1 atom stereocenters. The molecule has 1 aliphatic rings. The van der Waals surface area contributed by atoms with Crippen LogP contribution in [0.1, 0.15) is 13.3 Å². The van der Waals surface area contributed by atoms with Gasteiger partial charge in [0.15, 0.2) is 0 Å². The summed E-state index contributed by atoms with van der Waals surface area (Å²) in [5.74, 6) is -0.897. The third kappa shape index (κ3) is 3.63. The fraction of sp³-hybridized carbons (Fsp3) is 0.500. The molecule has 2 rings (SSSR count). The molecule has 1 fully saturated rings. The second-order valence-corrected chi connectivity index (χ2v) is 7.26. The number of nitrogens with two attached hydrogens (primary N) is 1. The van der Waals surface area contributed by atoms with E-state index in [2.05, 4.69) is 0 Å². The lowest BCUT2D eigenvalue weighted by molar-refractivity contribution is -0.122. The van der Waals surface area contributed by atoms with Crippen LogP contribution in [0.3, 0.4) is 0 Å². The maximum absolute atomic E-state index is 12.9. The summed E-state index contributed by atoms with van der Waals surface area (Å²) in [4.78, 5) is 13.2. The van der Waals surface area contributed by atoms with Crippen molar-refractivity contribution in [1.82, 2.24) is 9.21 Å². The normalized spacial score (nSPS) is 19.5. The van der Waals surface area contributed by atoms with Crippen molar-refractivity contribution in [3.05, 3.63) is 30.1 Å². The molecule has 1 saturated heterocycles. The Bertz CT molecular complexity index is 633. The highest BCUT2D eigenvalue weighted by Gasteiger charge is 2.29. The Balaban J connectivity index is 2.13. The summed E-state index contributed by atoms with van der Waals surface area (Å²) in [7, 11) is -3.65. The van der Waals surface area contributed by atoms with E-state index in [1.165, 1.54) is 16.4 Å². The highest BCUT2D eigenvalue weighted by Crippen LogP contribution is 2.18. The average Bonchev–Trinajstić information content (AvgIpc) is 2.73. The Labute approximate surface area is 129 Å². The van der Waals surface area contributed by atoms with E-state index >= 15 is 0 Å². The van der Waals surface area contributed by atoms with Crippen LogP contribution in [0.25, 0.3) is 0 Å². The van der Waals surface area contributed by atoms with Crippen molar-refractivity contribution < 1.29 is 17.6 Å². The van der Waals surface area contributed by atoms with Gasteiger partial charge in [-0.15, -0.1) is 0 Å². The van der Waals surface area contributed by atoms with Gasteiger partial charge in [-0.25, -0.2) is 12.8 Å². The van der Waals surface area contributed by atoms with E-state index < -0.39 is 27.8 Å². The lowest BCUT2D eigenvalue weighted by Crippen LogP contribution is -2.44. The summed E-state index contributed by atoms with van der Waals surface area (Å²) in [5.41, 5.74) is 5.30. The summed E-state index contributed by atoms with van der Waals surface area (Å²) in [6.45, 7) is 3.40. The smallest absolute Gasteiger partial charge is 0.243 e. The quantitative estimate of drug-likeness (QED) is 0.866. The van der Waals surface area contributed by atoms with Crippen molar-refractivity contribution in [1.29, 1.82) is 0 Å². The molecule has 1 aromatic carbocycles. The molecular formula is C14H20FN3O3S. The number of benzene rings is 1. The van der Waals surface area contributed by atoms with Crippen molar-refractivity contribution in [3.63, 3.8) is 0 Å². The van der Waals surface area contributed by atoms with E-state index in [4.69, 9.17) is 5.73 Å². The van der Waals surface area contributed by atoms with Gasteiger partial charge in [-0.05, 0) is 37.6 Å². The van der Waals surface area contributed by atoms with E-state index in [0.717, 1.165) is 12.1 Å². The minimum Gasteiger partial charge on any atom is -0.368 e. The Morgan fingerprint density at radius 2 is 1.82 bits per heavy atom. The Morgan fingerprint density at radius 3 is 2.41 bits per heavy atom. The van der Waals surface area contributed by atoms with E-state index in [9.17, 15) is 17.6 Å². The number of hydrogen-bond acceptors (Lipinski definition) is 4. The number of carbonyl (C=O) groups excluding carboxylic acids is 1. The first-order chi connectivity index (χ1) is 10.3. The monoisotopic (exact) mass is 329 g/mol. The first-order valence-electron chi connectivity index (χ1n) is 7.11. The molecule has 8 heteroatoms. The fourth-order valence-electron chi connectivity index (χ4n) is 2.48. The Hall–Kier alpha value is -1.51. The van der Waals surface area contributed by atoms with Gasteiger partial charge in [-0.2, -0.15) is 4.31 Å². The SMILES string of the molecule is C[C@@H](C(N)=O)N1CCCN(S(=O)(=O)c2ccc(F)cc2)CC1. The zero-order valence-electron chi connectivity index (χ0n) is 12.4. The van der Waals surface area contributed by atoms with Gasteiger partial charge in [0.1, 0.15) is 5.82 Å². The zero-order valence-corrected chi connectivity index (χ0v) is 13.2. The number of sulfonamides is 1. The molecule has 1 aromatic rings. The van der Waals surface area contributed by atoms with E-state index in [1.807, 2.05) is 4.90 Å². The first kappa shape index (κ1) is 16.9. The predicted molar refractivity (Wildman–Crippen MR) is 80.0 cm³/mol. The average molecular weight is 329 g/mol. The lowest BCUT2D eigenvalue weighted by Gasteiger charge is -2.25. The lowest BCUT2D eigenvalue weighted by atomic mass is 10.2. The van der Waals surface area contributed by atoms with E-state index in [0.29, 0.717) is 26.1 Å². The molecule has 1 amide bonds. The van der Waals surface area contributed by atoms with Gasteiger partial charge in [-0.1, -0.05) is 0 Å². The topological polar surface area (TPSA) is 83.7 Å². The number of rotatable bonds is 4. The Kier molecular flexibility index (Phi) is 5.15. The third-order valence-corrected chi connectivity index (χ3v) is 5.81. The Morgan fingerprint density at radius 1 is 1.18 bits per heavy atom. The first-order valence-corrected chi connectivity index (χ1v) is 8.55. The van der Waals surface area contributed by atoms with Crippen LogP contribution in [0.5, 0.6) is 0 Å². The summed E-state index contributed by atoms with van der Waals surface area (Å²) in [6.07, 6.45) is 0.609. The minimum atomic E-state index is -3.65. The van der Waals surface area contributed by atoms with E-state index in [-0.39, 0.29) is 11.4 Å². The molecule has 1 aliphatic heterocycles. The van der Waals surface area contributed by atoms with Crippen molar-refractivity contribution in [2.75, 3.05) is 26.2 Å². The summed E-state index contributed by atoms with van der Waals surface area (Å²) in [5, 5.41) is 0. The van der Waals surface area contributed by atoms with Crippen LogP contribution in [0.4, 0.5) is 4.39 Å². The molecule has 0 saturated carbocycles. The van der Waals surface area contributed by atoms with Gasteiger partial charge in [-0.3, -0.25) is 9.69 Å². The number of amides is 1. The number of primary amides is 1. The van der Waals surface area contributed by atoms with Gasteiger partial charge in [0.05, 0.1) is 10.9 Å². The van der Waals surface area contributed by atoms with Crippen LogP contribution >= 0.6 is 0 Å². The van der Waals surface area contributed by atoms with Crippen molar-refractivity contribution in [2.24, 2.45) is 5.73 Å². The van der Waals surface area contributed by atoms with Crippen LogP contribution < -0.4 is 5.73 Å². The molecule has 2 N–H and O–H groups in total. The molecule has 6 nitrogen and oxygen atoms in total. The molecular weight excluding hydrogens is 309 g/mol. The van der Waals surface area contributed by atoms with Crippen molar-refractivity contribution in [3.8, 4) is 0 Å². The molecule has 0 aromatic heterocycles. The largest absolute Gasteiger partial charge is 0.368 e. The standard InChI is InChI=1S/C14H20FN3O3S/c1-11(14(16)19)17-7-2-8-18(10-9-17)22(20,21)13-5-3-12(15)4-6-13/h3-6,11H,2,7-10H2,1H3,(H2,16,19)/t11-/m0/s1. The third-order valence-electron chi connectivity index (χ3n) is 3.90.